The summed E-state index contributed by atoms with van der Waals surface area (Å²) >= 11 is 3.53. The molecule has 4 aromatic rings. The van der Waals surface area contributed by atoms with E-state index in [1.54, 1.807) is 18.3 Å². The number of nitrogens with zero attached hydrogens (tertiary/aromatic N) is 2. The van der Waals surface area contributed by atoms with Crippen molar-refractivity contribution >= 4 is 39.2 Å². The number of non-ortho nitro benzene ring substituents is 1. The molecule has 7 heteroatoms. The summed E-state index contributed by atoms with van der Waals surface area (Å²) in [5.41, 5.74) is 6.46. The third-order valence-electron chi connectivity index (χ3n) is 7.39. The smallest absolute Gasteiger partial charge is 0.269 e. The molecular formula is C32H26BrN3O3. The average molecular weight is 580 g/mol. The number of nitro benzene ring substituents is 1. The van der Waals surface area contributed by atoms with Gasteiger partial charge >= 0.3 is 0 Å². The summed E-state index contributed by atoms with van der Waals surface area (Å²) in [5, 5.41) is 14.7. The van der Waals surface area contributed by atoms with Crippen molar-refractivity contribution in [3.05, 3.63) is 140 Å². The second-order valence-electron chi connectivity index (χ2n) is 9.81. The zero-order valence-electron chi connectivity index (χ0n) is 21.0. The van der Waals surface area contributed by atoms with Crippen molar-refractivity contribution in [1.29, 1.82) is 0 Å². The first-order valence-electron chi connectivity index (χ1n) is 12.9. The molecule has 1 aliphatic heterocycles. The number of rotatable bonds is 7. The number of ether oxygens (including phenoxy) is 1. The van der Waals surface area contributed by atoms with Crippen LogP contribution in [0.1, 0.15) is 40.6 Å². The van der Waals surface area contributed by atoms with E-state index in [4.69, 9.17) is 9.73 Å². The van der Waals surface area contributed by atoms with Gasteiger partial charge in [0.1, 0.15) is 12.4 Å². The standard InChI is InChI=1S/C32H26BrN3O3/c33-24-12-17-31(39-20-21-8-15-26(16-9-21)36(37)38)23(18-24)19-34-25-13-10-22(11-14-25)32-29-6-3-5-27(29)28-4-1-2-7-30(28)35-32/h1-5,7-19,27,29,32,35H,6,20H2/t27-,29+,32+/m1/s1. The van der Waals surface area contributed by atoms with Crippen LogP contribution in [0.4, 0.5) is 17.1 Å². The van der Waals surface area contributed by atoms with E-state index in [9.17, 15) is 10.1 Å². The van der Waals surface area contributed by atoms with Gasteiger partial charge in [-0.1, -0.05) is 58.4 Å². The first-order valence-corrected chi connectivity index (χ1v) is 13.7. The third kappa shape index (κ3) is 5.36. The fourth-order valence-corrected chi connectivity index (χ4v) is 5.79. The van der Waals surface area contributed by atoms with Crippen molar-refractivity contribution in [2.45, 2.75) is 25.0 Å². The Morgan fingerprint density at radius 3 is 2.62 bits per heavy atom. The lowest BCUT2D eigenvalue weighted by Gasteiger charge is -2.37. The van der Waals surface area contributed by atoms with Crippen molar-refractivity contribution in [3.8, 4) is 5.75 Å². The molecule has 1 heterocycles. The lowest BCUT2D eigenvalue weighted by Crippen LogP contribution is -2.28. The van der Waals surface area contributed by atoms with Gasteiger partial charge in [-0.25, -0.2) is 0 Å². The number of benzene rings is 4. The minimum Gasteiger partial charge on any atom is -0.488 e. The summed E-state index contributed by atoms with van der Waals surface area (Å²) in [6, 6.07) is 29.4. The first kappa shape index (κ1) is 25.1. The second-order valence-corrected chi connectivity index (χ2v) is 10.7. The zero-order valence-corrected chi connectivity index (χ0v) is 22.6. The Bertz CT molecular complexity index is 1560. The Labute approximate surface area is 235 Å². The van der Waals surface area contributed by atoms with Gasteiger partial charge in [0.2, 0.25) is 0 Å². The molecule has 0 amide bonds. The minimum absolute atomic E-state index is 0.0602. The van der Waals surface area contributed by atoms with Gasteiger partial charge < -0.3 is 10.1 Å². The highest BCUT2D eigenvalue weighted by Crippen LogP contribution is 2.49. The maximum absolute atomic E-state index is 10.9. The van der Waals surface area contributed by atoms with Crippen LogP contribution in [-0.2, 0) is 6.61 Å². The average Bonchev–Trinajstić information content (AvgIpc) is 3.46. The molecule has 0 bridgehead atoms. The summed E-state index contributed by atoms with van der Waals surface area (Å²) in [5.74, 6) is 1.64. The van der Waals surface area contributed by atoms with E-state index in [2.05, 4.69) is 81.9 Å². The van der Waals surface area contributed by atoms with Gasteiger partial charge in [0.05, 0.1) is 16.7 Å². The molecule has 0 fully saturated rings. The number of aliphatic imine (C=N–C) groups is 1. The molecule has 6 rings (SSSR count). The van der Waals surface area contributed by atoms with Gasteiger partial charge in [-0.15, -0.1) is 0 Å². The van der Waals surface area contributed by atoms with Crippen LogP contribution in [0.15, 0.2) is 113 Å². The van der Waals surface area contributed by atoms with Gasteiger partial charge in [-0.3, -0.25) is 15.1 Å². The van der Waals surface area contributed by atoms with Crippen LogP contribution in [0.3, 0.4) is 0 Å². The van der Waals surface area contributed by atoms with E-state index in [0.717, 1.165) is 27.7 Å². The van der Waals surface area contributed by atoms with Crippen LogP contribution >= 0.6 is 15.9 Å². The number of halogens is 1. The van der Waals surface area contributed by atoms with Gasteiger partial charge in [0, 0.05) is 40.0 Å². The van der Waals surface area contributed by atoms with Crippen LogP contribution < -0.4 is 10.1 Å². The number of anilines is 1. The number of hydrogen-bond acceptors (Lipinski definition) is 5. The van der Waals surface area contributed by atoms with Crippen molar-refractivity contribution in [2.24, 2.45) is 10.9 Å². The van der Waals surface area contributed by atoms with E-state index in [1.807, 2.05) is 18.2 Å². The summed E-state index contributed by atoms with van der Waals surface area (Å²) in [6.07, 6.45) is 7.54. The van der Waals surface area contributed by atoms with Crippen LogP contribution in [0.25, 0.3) is 0 Å². The number of hydrogen-bond donors (Lipinski definition) is 1. The molecule has 194 valence electrons. The Balaban J connectivity index is 1.17. The fraction of sp³-hybridized carbons (Fsp3) is 0.156. The Kier molecular flexibility index (Phi) is 6.99. The molecule has 2 aliphatic rings. The van der Waals surface area contributed by atoms with Crippen molar-refractivity contribution in [2.75, 3.05) is 5.32 Å². The quantitative estimate of drug-likeness (QED) is 0.103. The normalized spacial score (nSPS) is 19.4. The second kappa shape index (κ2) is 10.9. The molecule has 1 N–H and O–H groups in total. The molecule has 1 aliphatic carbocycles. The third-order valence-corrected chi connectivity index (χ3v) is 7.88. The molecule has 0 unspecified atom stereocenters. The lowest BCUT2D eigenvalue weighted by atomic mass is 9.77. The van der Waals surface area contributed by atoms with E-state index >= 15 is 0 Å². The number of fused-ring (bicyclic) bond motifs is 3. The number of allylic oxidation sites excluding steroid dienone is 2. The van der Waals surface area contributed by atoms with Gasteiger partial charge in [0.25, 0.3) is 5.69 Å². The highest BCUT2D eigenvalue weighted by molar-refractivity contribution is 9.10. The van der Waals surface area contributed by atoms with Crippen molar-refractivity contribution in [1.82, 2.24) is 0 Å². The Morgan fingerprint density at radius 1 is 1.03 bits per heavy atom. The predicted molar refractivity (Wildman–Crippen MR) is 158 cm³/mol. The molecule has 39 heavy (non-hydrogen) atoms. The van der Waals surface area contributed by atoms with E-state index in [0.29, 0.717) is 24.2 Å². The zero-order chi connectivity index (χ0) is 26.8. The molecule has 0 radical (unpaired) electrons. The number of nitrogens with one attached hydrogen (secondary N) is 1. The van der Waals surface area contributed by atoms with E-state index in [-0.39, 0.29) is 11.7 Å². The molecule has 0 spiro atoms. The fourth-order valence-electron chi connectivity index (χ4n) is 5.41. The monoisotopic (exact) mass is 579 g/mol. The maximum atomic E-state index is 10.9. The summed E-state index contributed by atoms with van der Waals surface area (Å²) in [7, 11) is 0. The minimum atomic E-state index is -0.409. The van der Waals surface area contributed by atoms with Crippen LogP contribution in [0.2, 0.25) is 0 Å². The molecular weight excluding hydrogens is 554 g/mol. The molecule has 0 saturated heterocycles. The largest absolute Gasteiger partial charge is 0.488 e. The van der Waals surface area contributed by atoms with Crippen LogP contribution in [0, 0.1) is 16.0 Å². The first-order chi connectivity index (χ1) is 19.0. The molecule has 0 saturated carbocycles. The number of para-hydroxylation sites is 1. The maximum Gasteiger partial charge on any atom is 0.269 e. The summed E-state index contributed by atoms with van der Waals surface area (Å²) in [6.45, 7) is 0.295. The van der Waals surface area contributed by atoms with Crippen molar-refractivity contribution < 1.29 is 9.66 Å². The molecule has 0 aromatic heterocycles. The van der Waals surface area contributed by atoms with Gasteiger partial charge in [0.15, 0.2) is 0 Å². The van der Waals surface area contributed by atoms with Crippen LogP contribution in [0.5, 0.6) is 5.75 Å². The highest BCUT2D eigenvalue weighted by atomic mass is 79.9. The predicted octanol–water partition coefficient (Wildman–Crippen LogP) is 8.51. The van der Waals surface area contributed by atoms with Crippen molar-refractivity contribution in [3.63, 3.8) is 0 Å². The topological polar surface area (TPSA) is 76.8 Å². The Hall–Kier alpha value is -4.23. The lowest BCUT2D eigenvalue weighted by molar-refractivity contribution is -0.384. The van der Waals surface area contributed by atoms with Gasteiger partial charge in [-0.2, -0.15) is 0 Å². The van der Waals surface area contributed by atoms with Crippen LogP contribution in [-0.4, -0.2) is 11.1 Å². The summed E-state index contributed by atoms with van der Waals surface area (Å²) in [4.78, 5) is 15.2. The van der Waals surface area contributed by atoms with E-state index < -0.39 is 4.92 Å². The van der Waals surface area contributed by atoms with E-state index in [1.165, 1.54) is 28.9 Å². The van der Waals surface area contributed by atoms with Gasteiger partial charge in [-0.05, 0) is 77.6 Å². The number of nitro groups is 1. The summed E-state index contributed by atoms with van der Waals surface area (Å²) < 4.78 is 6.96. The Morgan fingerprint density at radius 2 is 1.82 bits per heavy atom. The molecule has 6 nitrogen and oxygen atoms in total. The SMILES string of the molecule is O=[N+]([O-])c1ccc(COc2ccc(Br)cc2C=Nc2ccc([C@@H]3Nc4ccccc4[C@H]4C=CC[C@@H]43)cc2)cc1. The molecule has 3 atom stereocenters. The molecule has 4 aromatic carbocycles. The highest BCUT2D eigenvalue weighted by Gasteiger charge is 2.37.